The van der Waals surface area contributed by atoms with Gasteiger partial charge in [-0.05, 0) is 11.6 Å². The summed E-state index contributed by atoms with van der Waals surface area (Å²) in [6.45, 7) is 0. The topological polar surface area (TPSA) is 0 Å². The van der Waals surface area contributed by atoms with Crippen LogP contribution in [0.15, 0.2) is 6.07 Å². The Balaban J connectivity index is 3.01. The molecule has 1 aromatic heterocycles. The molecular formula is C5H5BCl2S. The van der Waals surface area contributed by atoms with Crippen molar-refractivity contribution in [2.75, 3.05) is 0 Å². The van der Waals surface area contributed by atoms with Gasteiger partial charge >= 0.3 is 0 Å². The first kappa shape index (κ1) is 7.45. The maximum absolute atomic E-state index is 5.78. The predicted molar refractivity (Wildman–Crippen MR) is 46.6 cm³/mol. The molecule has 9 heavy (non-hydrogen) atoms. The maximum atomic E-state index is 5.78. The van der Waals surface area contributed by atoms with Gasteiger partial charge in [0.1, 0.15) is 7.85 Å². The number of hydrogen-bond acceptors (Lipinski definition) is 1. The lowest BCUT2D eigenvalue weighted by atomic mass is 10.00. The van der Waals surface area contributed by atoms with Gasteiger partial charge in [0.15, 0.2) is 0 Å². The van der Waals surface area contributed by atoms with Crippen LogP contribution in [0.25, 0.3) is 0 Å². The minimum atomic E-state index is 0.775. The standard InChI is InChI=1S/C5H5BCl2S/c6-2-3-1-4(7)9-5(3)8/h1H,2,6H2. The van der Waals surface area contributed by atoms with Crippen LogP contribution in [0.1, 0.15) is 5.56 Å². The predicted octanol–water partition coefficient (Wildman–Crippen LogP) is 2.19. The molecule has 0 bridgehead atoms. The van der Waals surface area contributed by atoms with E-state index in [9.17, 15) is 0 Å². The first-order valence-electron chi connectivity index (χ1n) is 2.67. The fraction of sp³-hybridized carbons (Fsp3) is 0.200. The molecule has 0 radical (unpaired) electrons. The van der Waals surface area contributed by atoms with Gasteiger partial charge in [0.05, 0.1) is 8.67 Å². The zero-order chi connectivity index (χ0) is 6.85. The van der Waals surface area contributed by atoms with Gasteiger partial charge in [0.2, 0.25) is 0 Å². The summed E-state index contributed by atoms with van der Waals surface area (Å²) in [6.07, 6.45) is 0.960. The Hall–Kier alpha value is 0.345. The lowest BCUT2D eigenvalue weighted by molar-refractivity contribution is 1.46. The summed E-state index contributed by atoms with van der Waals surface area (Å²) in [5, 5.41) is 0. The van der Waals surface area contributed by atoms with Crippen molar-refractivity contribution in [1.29, 1.82) is 0 Å². The van der Waals surface area contributed by atoms with Crippen LogP contribution in [-0.4, -0.2) is 7.85 Å². The van der Waals surface area contributed by atoms with Crippen LogP contribution < -0.4 is 0 Å². The van der Waals surface area contributed by atoms with Crippen LogP contribution in [-0.2, 0) is 6.32 Å². The summed E-state index contributed by atoms with van der Waals surface area (Å²) in [7, 11) is 2.06. The van der Waals surface area contributed by atoms with Crippen LogP contribution >= 0.6 is 34.5 Å². The molecule has 0 aromatic carbocycles. The first-order valence-corrected chi connectivity index (χ1v) is 4.25. The average Bonchev–Trinajstić information content (AvgIpc) is 2.10. The minimum Gasteiger partial charge on any atom is -0.111 e. The highest BCUT2D eigenvalue weighted by molar-refractivity contribution is 7.20. The largest absolute Gasteiger partial charge is 0.111 e. The summed E-state index contributed by atoms with van der Waals surface area (Å²) in [5.74, 6) is 0. The van der Waals surface area contributed by atoms with E-state index < -0.39 is 0 Å². The van der Waals surface area contributed by atoms with E-state index in [-0.39, 0.29) is 0 Å². The lowest BCUT2D eigenvalue weighted by Crippen LogP contribution is -1.76. The van der Waals surface area contributed by atoms with Crippen LogP contribution in [0.2, 0.25) is 8.67 Å². The zero-order valence-electron chi connectivity index (χ0n) is 4.95. The monoisotopic (exact) mass is 178 g/mol. The van der Waals surface area contributed by atoms with E-state index in [4.69, 9.17) is 23.2 Å². The third-order valence-corrected chi connectivity index (χ3v) is 2.68. The summed E-state index contributed by atoms with van der Waals surface area (Å²) in [5.41, 5.74) is 1.15. The molecule has 48 valence electrons. The molecule has 0 unspecified atom stereocenters. The fourth-order valence-electron chi connectivity index (χ4n) is 0.615. The van der Waals surface area contributed by atoms with Gasteiger partial charge in [-0.2, -0.15) is 0 Å². The van der Waals surface area contributed by atoms with Gasteiger partial charge < -0.3 is 0 Å². The SMILES string of the molecule is BCc1cc(Cl)sc1Cl. The molecule has 1 aromatic rings. The minimum absolute atomic E-state index is 0.775. The van der Waals surface area contributed by atoms with E-state index in [2.05, 4.69) is 7.85 Å². The normalized spacial score (nSPS) is 10.0. The van der Waals surface area contributed by atoms with E-state index >= 15 is 0 Å². The smallest absolute Gasteiger partial charge is 0.107 e. The molecule has 0 aliphatic heterocycles. The van der Waals surface area contributed by atoms with E-state index in [1.807, 2.05) is 6.07 Å². The molecule has 0 N–H and O–H groups in total. The van der Waals surface area contributed by atoms with Gasteiger partial charge in [0, 0.05) is 0 Å². The lowest BCUT2D eigenvalue weighted by Gasteiger charge is -1.85. The quantitative estimate of drug-likeness (QED) is 0.579. The van der Waals surface area contributed by atoms with Gasteiger partial charge in [-0.25, -0.2) is 0 Å². The van der Waals surface area contributed by atoms with Crippen LogP contribution in [0.4, 0.5) is 0 Å². The molecule has 0 saturated carbocycles. The second kappa shape index (κ2) is 2.95. The van der Waals surface area contributed by atoms with Crippen molar-refractivity contribution in [3.8, 4) is 0 Å². The average molecular weight is 179 g/mol. The highest BCUT2D eigenvalue weighted by atomic mass is 35.5. The molecule has 0 amide bonds. The highest BCUT2D eigenvalue weighted by Gasteiger charge is 2.01. The first-order chi connectivity index (χ1) is 4.24. The molecular weight excluding hydrogens is 174 g/mol. The summed E-state index contributed by atoms with van der Waals surface area (Å²) in [4.78, 5) is 0. The molecule has 0 atom stereocenters. The Bertz CT molecular complexity index is 209. The Morgan fingerprint density at radius 1 is 1.56 bits per heavy atom. The molecule has 0 spiro atoms. The summed E-state index contributed by atoms with van der Waals surface area (Å²) < 4.78 is 1.60. The number of thiophene rings is 1. The number of rotatable bonds is 1. The fourth-order valence-corrected chi connectivity index (χ4v) is 2.24. The van der Waals surface area contributed by atoms with Crippen molar-refractivity contribution in [2.24, 2.45) is 0 Å². The van der Waals surface area contributed by atoms with Crippen molar-refractivity contribution >= 4 is 42.4 Å². The number of halogens is 2. The second-order valence-electron chi connectivity index (χ2n) is 1.70. The Morgan fingerprint density at radius 2 is 2.22 bits per heavy atom. The molecule has 1 rings (SSSR count). The van der Waals surface area contributed by atoms with Crippen LogP contribution in [0.5, 0.6) is 0 Å². The van der Waals surface area contributed by atoms with Crippen molar-refractivity contribution in [2.45, 2.75) is 6.32 Å². The van der Waals surface area contributed by atoms with Crippen molar-refractivity contribution in [1.82, 2.24) is 0 Å². The molecule has 0 aliphatic carbocycles. The van der Waals surface area contributed by atoms with Crippen molar-refractivity contribution in [3.63, 3.8) is 0 Å². The van der Waals surface area contributed by atoms with Crippen LogP contribution in [0, 0.1) is 0 Å². The zero-order valence-corrected chi connectivity index (χ0v) is 7.28. The molecule has 4 heteroatoms. The van der Waals surface area contributed by atoms with Crippen LogP contribution in [0.3, 0.4) is 0 Å². The highest BCUT2D eigenvalue weighted by Crippen LogP contribution is 2.30. The van der Waals surface area contributed by atoms with Crippen molar-refractivity contribution in [3.05, 3.63) is 20.3 Å². The van der Waals surface area contributed by atoms with E-state index in [0.29, 0.717) is 0 Å². The Labute approximate surface area is 69.2 Å². The Kier molecular flexibility index (Phi) is 2.45. The summed E-state index contributed by atoms with van der Waals surface area (Å²) in [6, 6.07) is 1.91. The molecule has 0 fully saturated rings. The Morgan fingerprint density at radius 3 is 2.44 bits per heavy atom. The van der Waals surface area contributed by atoms with Gasteiger partial charge in [-0.1, -0.05) is 29.5 Å². The van der Waals surface area contributed by atoms with Gasteiger partial charge in [-0.3, -0.25) is 0 Å². The van der Waals surface area contributed by atoms with Gasteiger partial charge in [-0.15, -0.1) is 11.3 Å². The third-order valence-electron chi connectivity index (χ3n) is 1.11. The van der Waals surface area contributed by atoms with E-state index in [0.717, 1.165) is 20.6 Å². The van der Waals surface area contributed by atoms with Gasteiger partial charge in [0.25, 0.3) is 0 Å². The van der Waals surface area contributed by atoms with E-state index in [1.165, 1.54) is 11.3 Å². The second-order valence-corrected chi connectivity index (χ2v) is 3.99. The molecule has 0 aliphatic rings. The molecule has 0 nitrogen and oxygen atoms in total. The third kappa shape index (κ3) is 1.63. The van der Waals surface area contributed by atoms with Crippen molar-refractivity contribution < 1.29 is 0 Å². The number of hydrogen-bond donors (Lipinski definition) is 0. The molecule has 1 heterocycles. The maximum Gasteiger partial charge on any atom is 0.107 e. The molecule has 0 saturated heterocycles. The summed E-state index contributed by atoms with van der Waals surface area (Å²) >= 11 is 12.9. The van der Waals surface area contributed by atoms with E-state index in [1.54, 1.807) is 0 Å².